The van der Waals surface area contributed by atoms with Gasteiger partial charge in [-0.25, -0.2) is 0 Å². The third kappa shape index (κ3) is 5.36. The van der Waals surface area contributed by atoms with Crippen LogP contribution in [0.15, 0.2) is 0 Å². The van der Waals surface area contributed by atoms with E-state index in [1.54, 1.807) is 0 Å². The van der Waals surface area contributed by atoms with Crippen molar-refractivity contribution in [2.24, 2.45) is 5.73 Å². The predicted molar refractivity (Wildman–Crippen MR) is 76.4 cm³/mol. The van der Waals surface area contributed by atoms with Gasteiger partial charge in [-0.05, 0) is 26.7 Å². The lowest BCUT2D eigenvalue weighted by Gasteiger charge is -2.45. The average molecular weight is 274 g/mol. The Hall–Kier alpha value is -0.200. The molecule has 1 fully saturated rings. The van der Waals surface area contributed by atoms with Crippen molar-refractivity contribution < 1.29 is 14.2 Å². The summed E-state index contributed by atoms with van der Waals surface area (Å²) in [6, 6.07) is 0. The molecule has 1 aliphatic heterocycles. The Kier molecular flexibility index (Phi) is 8.57. The zero-order chi connectivity index (χ0) is 14.0. The molecule has 1 rings (SSSR count). The van der Waals surface area contributed by atoms with Crippen LogP contribution in [-0.4, -0.2) is 69.7 Å². The smallest absolute Gasteiger partial charge is 0.0593 e. The Labute approximate surface area is 117 Å². The van der Waals surface area contributed by atoms with E-state index in [-0.39, 0.29) is 5.54 Å². The number of hydrogen-bond acceptors (Lipinski definition) is 5. The van der Waals surface area contributed by atoms with Crippen LogP contribution in [0.25, 0.3) is 0 Å². The molecule has 0 radical (unpaired) electrons. The van der Waals surface area contributed by atoms with Gasteiger partial charge in [0.2, 0.25) is 0 Å². The second kappa shape index (κ2) is 9.66. The molecule has 1 aliphatic rings. The molecular weight excluding hydrogens is 244 g/mol. The third-order valence-electron chi connectivity index (χ3n) is 3.89. The van der Waals surface area contributed by atoms with Gasteiger partial charge < -0.3 is 19.9 Å². The van der Waals surface area contributed by atoms with Crippen LogP contribution in [0.2, 0.25) is 0 Å². The molecule has 5 heteroatoms. The molecule has 0 spiro atoms. The summed E-state index contributed by atoms with van der Waals surface area (Å²) < 4.78 is 16.5. The minimum absolute atomic E-state index is 0.0620. The van der Waals surface area contributed by atoms with Gasteiger partial charge in [-0.15, -0.1) is 0 Å². The Balaban J connectivity index is 2.56. The largest absolute Gasteiger partial charge is 0.381 e. The second-order valence-corrected chi connectivity index (χ2v) is 4.92. The van der Waals surface area contributed by atoms with Crippen molar-refractivity contribution in [2.75, 3.05) is 59.3 Å². The normalized spacial score (nSPS) is 18.9. The molecule has 0 unspecified atom stereocenters. The lowest BCUT2D eigenvalue weighted by atomic mass is 9.88. The Bertz CT molecular complexity index is 211. The summed E-state index contributed by atoms with van der Waals surface area (Å²) in [5.74, 6) is 0. The van der Waals surface area contributed by atoms with E-state index in [0.29, 0.717) is 6.54 Å². The molecule has 0 saturated carbocycles. The van der Waals surface area contributed by atoms with Crippen LogP contribution in [0.4, 0.5) is 0 Å². The zero-order valence-corrected chi connectivity index (χ0v) is 12.5. The topological polar surface area (TPSA) is 57.0 Å². The van der Waals surface area contributed by atoms with Crippen LogP contribution in [0, 0.1) is 0 Å². The molecule has 0 amide bonds. The Morgan fingerprint density at radius 1 is 1.05 bits per heavy atom. The van der Waals surface area contributed by atoms with Crippen LogP contribution in [0.5, 0.6) is 0 Å². The number of ether oxygens (including phenoxy) is 3. The monoisotopic (exact) mass is 274 g/mol. The van der Waals surface area contributed by atoms with Crippen molar-refractivity contribution in [1.82, 2.24) is 4.90 Å². The van der Waals surface area contributed by atoms with E-state index in [4.69, 9.17) is 19.9 Å². The molecule has 5 nitrogen and oxygen atoms in total. The van der Waals surface area contributed by atoms with Gasteiger partial charge in [0, 0.05) is 51.6 Å². The van der Waals surface area contributed by atoms with Crippen molar-refractivity contribution >= 4 is 0 Å². The standard InChI is InChI=1S/C14H30N2O3/c1-3-17-11-7-16(8-12-18-4-2)14(13-15)5-9-19-10-6-14/h3-13,15H2,1-2H3. The summed E-state index contributed by atoms with van der Waals surface area (Å²) >= 11 is 0. The molecule has 0 aliphatic carbocycles. The highest BCUT2D eigenvalue weighted by molar-refractivity contribution is 4.93. The van der Waals surface area contributed by atoms with Crippen LogP contribution in [-0.2, 0) is 14.2 Å². The van der Waals surface area contributed by atoms with Crippen LogP contribution < -0.4 is 5.73 Å². The van der Waals surface area contributed by atoms with E-state index in [9.17, 15) is 0 Å². The van der Waals surface area contributed by atoms with Gasteiger partial charge in [-0.3, -0.25) is 4.90 Å². The highest BCUT2D eigenvalue weighted by atomic mass is 16.5. The van der Waals surface area contributed by atoms with E-state index < -0.39 is 0 Å². The van der Waals surface area contributed by atoms with Crippen molar-refractivity contribution in [2.45, 2.75) is 32.2 Å². The van der Waals surface area contributed by atoms with Crippen molar-refractivity contribution in [3.63, 3.8) is 0 Å². The third-order valence-corrected chi connectivity index (χ3v) is 3.89. The summed E-state index contributed by atoms with van der Waals surface area (Å²) in [4.78, 5) is 2.45. The molecule has 2 N–H and O–H groups in total. The summed E-state index contributed by atoms with van der Waals surface area (Å²) in [6.07, 6.45) is 2.00. The molecular formula is C14H30N2O3. The van der Waals surface area contributed by atoms with Crippen molar-refractivity contribution in [3.8, 4) is 0 Å². The molecule has 0 aromatic rings. The van der Waals surface area contributed by atoms with Gasteiger partial charge in [-0.1, -0.05) is 0 Å². The van der Waals surface area contributed by atoms with E-state index >= 15 is 0 Å². The van der Waals surface area contributed by atoms with Gasteiger partial charge in [0.15, 0.2) is 0 Å². The highest BCUT2D eigenvalue weighted by Crippen LogP contribution is 2.26. The number of hydrogen-bond donors (Lipinski definition) is 1. The fourth-order valence-corrected chi connectivity index (χ4v) is 2.63. The van der Waals surface area contributed by atoms with Crippen molar-refractivity contribution in [1.29, 1.82) is 0 Å². The maximum Gasteiger partial charge on any atom is 0.0593 e. The minimum atomic E-state index is 0.0620. The van der Waals surface area contributed by atoms with Gasteiger partial charge in [0.1, 0.15) is 0 Å². The van der Waals surface area contributed by atoms with E-state index in [0.717, 1.165) is 65.6 Å². The molecule has 114 valence electrons. The summed E-state index contributed by atoms with van der Waals surface area (Å²) in [5.41, 5.74) is 6.13. The van der Waals surface area contributed by atoms with E-state index in [1.807, 2.05) is 13.8 Å². The van der Waals surface area contributed by atoms with Crippen molar-refractivity contribution in [3.05, 3.63) is 0 Å². The van der Waals surface area contributed by atoms with Gasteiger partial charge in [0.25, 0.3) is 0 Å². The van der Waals surface area contributed by atoms with E-state index in [2.05, 4.69) is 4.90 Å². The quantitative estimate of drug-likeness (QED) is 0.599. The summed E-state index contributed by atoms with van der Waals surface area (Å²) in [6.45, 7) is 11.2. The predicted octanol–water partition coefficient (Wildman–Crippen LogP) is 0.869. The second-order valence-electron chi connectivity index (χ2n) is 4.92. The molecule has 0 atom stereocenters. The maximum absolute atomic E-state index is 6.07. The number of nitrogens with zero attached hydrogens (tertiary/aromatic N) is 1. The molecule has 0 aromatic heterocycles. The first-order chi connectivity index (χ1) is 9.29. The fourth-order valence-electron chi connectivity index (χ4n) is 2.63. The van der Waals surface area contributed by atoms with Crippen LogP contribution in [0.1, 0.15) is 26.7 Å². The highest BCUT2D eigenvalue weighted by Gasteiger charge is 2.36. The zero-order valence-electron chi connectivity index (χ0n) is 12.5. The lowest BCUT2D eigenvalue weighted by molar-refractivity contribution is -0.0437. The molecule has 1 saturated heterocycles. The molecule has 19 heavy (non-hydrogen) atoms. The minimum Gasteiger partial charge on any atom is -0.381 e. The maximum atomic E-state index is 6.07. The first-order valence-electron chi connectivity index (χ1n) is 7.47. The Morgan fingerprint density at radius 3 is 2.00 bits per heavy atom. The lowest BCUT2D eigenvalue weighted by Crippen LogP contribution is -2.58. The fraction of sp³-hybridized carbons (Fsp3) is 1.00. The molecule has 0 aromatic carbocycles. The summed E-state index contributed by atoms with van der Waals surface area (Å²) in [5, 5.41) is 0. The Morgan fingerprint density at radius 2 is 1.58 bits per heavy atom. The number of rotatable bonds is 10. The number of nitrogens with two attached hydrogens (primary N) is 1. The first kappa shape index (κ1) is 16.9. The van der Waals surface area contributed by atoms with Gasteiger partial charge >= 0.3 is 0 Å². The van der Waals surface area contributed by atoms with Gasteiger partial charge in [-0.2, -0.15) is 0 Å². The molecule has 1 heterocycles. The van der Waals surface area contributed by atoms with Crippen LogP contribution in [0.3, 0.4) is 0 Å². The average Bonchev–Trinajstić information content (AvgIpc) is 2.46. The van der Waals surface area contributed by atoms with Crippen LogP contribution >= 0.6 is 0 Å². The summed E-state index contributed by atoms with van der Waals surface area (Å²) in [7, 11) is 0. The van der Waals surface area contributed by atoms with Gasteiger partial charge in [0.05, 0.1) is 13.2 Å². The first-order valence-corrected chi connectivity index (χ1v) is 7.47. The SMILES string of the molecule is CCOCCN(CCOCC)C1(CN)CCOCC1. The molecule has 0 bridgehead atoms. The van der Waals surface area contributed by atoms with E-state index in [1.165, 1.54) is 0 Å².